The van der Waals surface area contributed by atoms with Gasteiger partial charge in [0.1, 0.15) is 41.5 Å². The van der Waals surface area contributed by atoms with Crippen LogP contribution >= 0.6 is 0 Å². The lowest BCUT2D eigenvalue weighted by molar-refractivity contribution is 0.228. The number of phenolic OH excluding ortho intramolecular Hbond substituents is 2. The number of likely N-dealkylation sites (tertiary alicyclic amines) is 1. The number of phenols is 2. The fraction of sp³-hybridized carbons (Fsp3) is 0.310. The van der Waals surface area contributed by atoms with E-state index in [-0.39, 0.29) is 24.1 Å². The molecule has 0 bridgehead atoms. The minimum absolute atomic E-state index is 0.0938. The van der Waals surface area contributed by atoms with Crippen LogP contribution in [0, 0.1) is 11.7 Å². The van der Waals surface area contributed by atoms with Gasteiger partial charge in [-0.05, 0) is 73.5 Å². The van der Waals surface area contributed by atoms with Gasteiger partial charge in [-0.25, -0.2) is 4.39 Å². The quantitative estimate of drug-likeness (QED) is 0.425. The van der Waals surface area contributed by atoms with Gasteiger partial charge in [-0.15, -0.1) is 0 Å². The largest absolute Gasteiger partial charge is 0.508 e. The van der Waals surface area contributed by atoms with Gasteiger partial charge in [0.2, 0.25) is 0 Å². The molecule has 0 spiro atoms. The number of nitrogens with zero attached hydrogens (tertiary/aromatic N) is 1. The summed E-state index contributed by atoms with van der Waals surface area (Å²) in [5.41, 5.74) is 3.22. The molecule has 1 unspecified atom stereocenters. The minimum Gasteiger partial charge on any atom is -0.508 e. The average molecular weight is 494 g/mol. The lowest BCUT2D eigenvalue weighted by Crippen LogP contribution is -2.26. The molecule has 3 aromatic carbocycles. The molecule has 2 aliphatic heterocycles. The Balaban J connectivity index is 1.39. The van der Waals surface area contributed by atoms with Crippen molar-refractivity contribution < 1.29 is 28.5 Å². The molecule has 36 heavy (non-hydrogen) atoms. The summed E-state index contributed by atoms with van der Waals surface area (Å²) in [7, 11) is 0. The van der Waals surface area contributed by atoms with E-state index >= 15 is 0 Å². The van der Waals surface area contributed by atoms with Crippen molar-refractivity contribution in [2.75, 3.05) is 32.9 Å². The van der Waals surface area contributed by atoms with Crippen LogP contribution in [0.15, 0.2) is 60.7 Å². The van der Waals surface area contributed by atoms with E-state index in [1.165, 1.54) is 12.1 Å². The zero-order chi connectivity index (χ0) is 25.2. The van der Waals surface area contributed by atoms with E-state index in [2.05, 4.69) is 4.90 Å². The molecule has 2 aliphatic rings. The molecule has 188 valence electrons. The second kappa shape index (κ2) is 10.2. The van der Waals surface area contributed by atoms with Crippen molar-refractivity contribution in [2.45, 2.75) is 19.4 Å². The van der Waals surface area contributed by atoms with E-state index in [0.29, 0.717) is 34.8 Å². The van der Waals surface area contributed by atoms with E-state index in [9.17, 15) is 19.0 Å². The monoisotopic (exact) mass is 493 g/mol. The molecule has 0 aromatic heterocycles. The zero-order valence-corrected chi connectivity index (χ0v) is 20.1. The summed E-state index contributed by atoms with van der Waals surface area (Å²) in [6.07, 6.45) is 0.295. The van der Waals surface area contributed by atoms with E-state index in [0.717, 1.165) is 43.3 Å². The van der Waals surface area contributed by atoms with E-state index in [4.69, 9.17) is 9.47 Å². The van der Waals surface area contributed by atoms with Crippen molar-refractivity contribution in [1.82, 2.24) is 4.90 Å². The van der Waals surface area contributed by atoms with Crippen molar-refractivity contribution in [3.63, 3.8) is 0 Å². The third-order valence-corrected chi connectivity index (χ3v) is 6.97. The fourth-order valence-electron chi connectivity index (χ4n) is 5.02. The number of ether oxygens (including phenoxy) is 2. The summed E-state index contributed by atoms with van der Waals surface area (Å²) in [5, 5.41) is 19.7. The van der Waals surface area contributed by atoms with Gasteiger partial charge in [-0.1, -0.05) is 12.1 Å². The molecule has 1 saturated heterocycles. The lowest BCUT2D eigenvalue weighted by atomic mass is 9.86. The number of rotatable bonds is 7. The van der Waals surface area contributed by atoms with Crippen LogP contribution in [-0.4, -0.2) is 48.0 Å². The van der Waals surface area contributed by atoms with Crippen LogP contribution in [0.1, 0.15) is 36.1 Å². The van der Waals surface area contributed by atoms with Crippen LogP contribution in [0.25, 0.3) is 11.1 Å². The summed E-state index contributed by atoms with van der Waals surface area (Å²) in [4.78, 5) is 2.22. The van der Waals surface area contributed by atoms with Crippen molar-refractivity contribution in [1.29, 1.82) is 0 Å². The molecule has 5 rings (SSSR count). The predicted octanol–water partition coefficient (Wildman–Crippen LogP) is 5.97. The highest BCUT2D eigenvalue weighted by molar-refractivity contribution is 5.95. The normalized spacial score (nSPS) is 19.8. The summed E-state index contributed by atoms with van der Waals surface area (Å²) >= 11 is 0. The smallest absolute Gasteiger partial charge is 0.150 e. The minimum atomic E-state index is -0.600. The Morgan fingerprint density at radius 3 is 2.47 bits per heavy atom. The maximum absolute atomic E-state index is 15.0. The maximum atomic E-state index is 15.0. The van der Waals surface area contributed by atoms with Crippen LogP contribution < -0.4 is 9.47 Å². The molecular weight excluding hydrogens is 464 g/mol. The summed E-state index contributed by atoms with van der Waals surface area (Å²) < 4.78 is 40.1. The van der Waals surface area contributed by atoms with Crippen LogP contribution in [-0.2, 0) is 0 Å². The van der Waals surface area contributed by atoms with Crippen LogP contribution in [0.3, 0.4) is 0 Å². The van der Waals surface area contributed by atoms with Crippen LogP contribution in [0.4, 0.5) is 8.78 Å². The van der Waals surface area contributed by atoms with Gasteiger partial charge < -0.3 is 19.7 Å². The molecule has 0 amide bonds. The predicted molar refractivity (Wildman–Crippen MR) is 134 cm³/mol. The number of aromatic hydroxyl groups is 2. The second-order valence-corrected chi connectivity index (χ2v) is 9.41. The Hall–Kier alpha value is -3.58. The molecule has 0 aliphatic carbocycles. The van der Waals surface area contributed by atoms with Crippen LogP contribution in [0.2, 0.25) is 0 Å². The van der Waals surface area contributed by atoms with Gasteiger partial charge in [0, 0.05) is 41.8 Å². The van der Waals surface area contributed by atoms with E-state index < -0.39 is 11.9 Å². The van der Waals surface area contributed by atoms with Gasteiger partial charge >= 0.3 is 0 Å². The van der Waals surface area contributed by atoms with Gasteiger partial charge in [0.25, 0.3) is 0 Å². The molecule has 3 aromatic rings. The average Bonchev–Trinajstić information content (AvgIpc) is 3.33. The summed E-state index contributed by atoms with van der Waals surface area (Å²) in [6, 6.07) is 16.4. The first-order valence-electron chi connectivity index (χ1n) is 12.1. The van der Waals surface area contributed by atoms with Crippen molar-refractivity contribution in [2.24, 2.45) is 5.92 Å². The second-order valence-electron chi connectivity index (χ2n) is 9.41. The highest BCUT2D eigenvalue weighted by atomic mass is 19.1. The van der Waals surface area contributed by atoms with Crippen molar-refractivity contribution >= 4 is 11.1 Å². The fourth-order valence-corrected chi connectivity index (χ4v) is 5.02. The number of hydrogen-bond acceptors (Lipinski definition) is 5. The van der Waals surface area contributed by atoms with Crippen LogP contribution in [0.5, 0.6) is 23.0 Å². The Labute approximate surface area is 209 Å². The highest BCUT2D eigenvalue weighted by Gasteiger charge is 2.31. The third-order valence-electron chi connectivity index (χ3n) is 6.97. The number of allylic oxidation sites excluding steroid dienone is 1. The molecule has 2 heterocycles. The SMILES string of the molecule is CC1=C(c2ccc(O)cc2F)C(c2ccc(OCCN3CC[C@@H](CF)C3)cc2)Oc2ccc(O)cc21. The summed E-state index contributed by atoms with van der Waals surface area (Å²) in [6.45, 7) is 4.55. The zero-order valence-electron chi connectivity index (χ0n) is 20.1. The molecule has 5 nitrogen and oxygen atoms in total. The number of fused-ring (bicyclic) bond motifs is 1. The van der Waals surface area contributed by atoms with Gasteiger partial charge in [0.05, 0.1) is 6.67 Å². The Bertz CT molecular complexity index is 1270. The molecule has 0 radical (unpaired) electrons. The van der Waals surface area contributed by atoms with Gasteiger partial charge in [-0.2, -0.15) is 0 Å². The first-order valence-corrected chi connectivity index (χ1v) is 12.1. The topological polar surface area (TPSA) is 62.2 Å². The Morgan fingerprint density at radius 2 is 1.75 bits per heavy atom. The third kappa shape index (κ3) is 4.88. The lowest BCUT2D eigenvalue weighted by Gasteiger charge is -2.31. The highest BCUT2D eigenvalue weighted by Crippen LogP contribution is 2.48. The first kappa shape index (κ1) is 24.1. The van der Waals surface area contributed by atoms with Crippen molar-refractivity contribution in [3.05, 3.63) is 83.2 Å². The molecule has 1 fully saturated rings. The van der Waals surface area contributed by atoms with Gasteiger partial charge in [-0.3, -0.25) is 9.29 Å². The molecule has 0 saturated carbocycles. The summed E-state index contributed by atoms with van der Waals surface area (Å²) in [5.74, 6) is 0.819. The first-order chi connectivity index (χ1) is 17.4. The van der Waals surface area contributed by atoms with Gasteiger partial charge in [0.15, 0.2) is 0 Å². The number of halogens is 2. The number of alkyl halides is 1. The Kier molecular flexibility index (Phi) is 6.83. The molecular formula is C29H29F2NO4. The number of hydrogen-bond donors (Lipinski definition) is 2. The molecule has 2 N–H and O–H groups in total. The Morgan fingerprint density at radius 1 is 1.00 bits per heavy atom. The molecule has 7 heteroatoms. The maximum Gasteiger partial charge on any atom is 0.150 e. The van der Waals surface area contributed by atoms with E-state index in [1.807, 2.05) is 31.2 Å². The number of benzene rings is 3. The van der Waals surface area contributed by atoms with E-state index in [1.54, 1.807) is 18.2 Å². The standard InChI is InChI=1S/C29H29F2NO4/c1-18-25-14-21(33)5-9-27(25)36-29(28(18)24-8-4-22(34)15-26(24)31)20-2-6-23(7-3-20)35-13-12-32-11-10-19(16-30)17-32/h2-9,14-15,19,29,33-34H,10-13,16-17H2,1H3/t19-,29?/m0/s1. The molecule has 2 atom stereocenters. The van der Waals surface area contributed by atoms with Crippen molar-refractivity contribution in [3.8, 4) is 23.0 Å².